The first-order valence-corrected chi connectivity index (χ1v) is 4.91. The highest BCUT2D eigenvalue weighted by atomic mass is 16.7. The molecule has 2 aliphatic rings. The van der Waals surface area contributed by atoms with E-state index in [4.69, 9.17) is 18.9 Å². The first kappa shape index (κ1) is 9.40. The van der Waals surface area contributed by atoms with Gasteiger partial charge < -0.3 is 18.9 Å². The van der Waals surface area contributed by atoms with Gasteiger partial charge in [-0.1, -0.05) is 0 Å². The molecule has 4 nitrogen and oxygen atoms in total. The molecule has 0 amide bonds. The van der Waals surface area contributed by atoms with Crippen molar-refractivity contribution in [2.75, 3.05) is 26.4 Å². The van der Waals surface area contributed by atoms with Gasteiger partial charge in [-0.25, -0.2) is 0 Å². The molecule has 2 saturated heterocycles. The van der Waals surface area contributed by atoms with Gasteiger partial charge in [0, 0.05) is 12.8 Å². The highest BCUT2D eigenvalue weighted by Gasteiger charge is 2.20. The van der Waals surface area contributed by atoms with E-state index in [1.54, 1.807) is 0 Å². The third-order valence-corrected chi connectivity index (χ3v) is 2.23. The fourth-order valence-electron chi connectivity index (χ4n) is 1.55. The van der Waals surface area contributed by atoms with Gasteiger partial charge in [0.1, 0.15) is 0 Å². The van der Waals surface area contributed by atoms with Gasteiger partial charge >= 0.3 is 0 Å². The van der Waals surface area contributed by atoms with Crippen molar-refractivity contribution in [1.82, 2.24) is 0 Å². The summed E-state index contributed by atoms with van der Waals surface area (Å²) >= 11 is 0. The molecule has 4 heteroatoms. The van der Waals surface area contributed by atoms with Crippen LogP contribution in [0.3, 0.4) is 0 Å². The zero-order valence-electron chi connectivity index (χ0n) is 7.74. The summed E-state index contributed by atoms with van der Waals surface area (Å²) in [6, 6.07) is 0. The number of ether oxygens (including phenoxy) is 4. The predicted molar refractivity (Wildman–Crippen MR) is 45.2 cm³/mol. The molecule has 0 unspecified atom stereocenters. The monoisotopic (exact) mass is 188 g/mol. The molecular formula is C9H16O4. The van der Waals surface area contributed by atoms with E-state index in [9.17, 15) is 0 Å². The summed E-state index contributed by atoms with van der Waals surface area (Å²) < 4.78 is 21.4. The molecule has 2 heterocycles. The van der Waals surface area contributed by atoms with Crippen molar-refractivity contribution in [2.24, 2.45) is 0 Å². The Morgan fingerprint density at radius 1 is 0.692 bits per heavy atom. The molecule has 0 N–H and O–H groups in total. The Kier molecular flexibility index (Phi) is 3.55. The summed E-state index contributed by atoms with van der Waals surface area (Å²) in [4.78, 5) is 0. The zero-order valence-corrected chi connectivity index (χ0v) is 7.74. The lowest BCUT2D eigenvalue weighted by atomic mass is 10.3. The molecule has 0 bridgehead atoms. The first-order valence-electron chi connectivity index (χ1n) is 4.91. The van der Waals surface area contributed by atoms with E-state index in [0.29, 0.717) is 0 Å². The fraction of sp³-hybridized carbons (Fsp3) is 1.00. The van der Waals surface area contributed by atoms with E-state index < -0.39 is 0 Å². The maximum absolute atomic E-state index is 5.40. The topological polar surface area (TPSA) is 36.9 Å². The van der Waals surface area contributed by atoms with Gasteiger partial charge in [0.2, 0.25) is 0 Å². The van der Waals surface area contributed by atoms with E-state index in [-0.39, 0.29) is 12.6 Å². The summed E-state index contributed by atoms with van der Waals surface area (Å²) in [7, 11) is 0. The van der Waals surface area contributed by atoms with Crippen LogP contribution in [0.4, 0.5) is 0 Å². The minimum atomic E-state index is -0.0402. The van der Waals surface area contributed by atoms with Crippen molar-refractivity contribution >= 4 is 0 Å². The fourth-order valence-corrected chi connectivity index (χ4v) is 1.55. The summed E-state index contributed by atoms with van der Waals surface area (Å²) in [6.07, 6.45) is 2.66. The van der Waals surface area contributed by atoms with Crippen LogP contribution in [0, 0.1) is 0 Å². The Balaban J connectivity index is 1.60. The maximum Gasteiger partial charge on any atom is 0.157 e. The van der Waals surface area contributed by atoms with Crippen molar-refractivity contribution in [2.45, 2.75) is 31.8 Å². The molecule has 2 rings (SSSR count). The van der Waals surface area contributed by atoms with Gasteiger partial charge in [-0.2, -0.15) is 0 Å². The van der Waals surface area contributed by atoms with Gasteiger partial charge in [0.15, 0.2) is 12.6 Å². The van der Waals surface area contributed by atoms with E-state index in [1.807, 2.05) is 0 Å². The van der Waals surface area contributed by atoms with Gasteiger partial charge in [0.25, 0.3) is 0 Å². The third-order valence-electron chi connectivity index (χ3n) is 2.23. The van der Waals surface area contributed by atoms with Crippen LogP contribution in [0.15, 0.2) is 0 Å². The second kappa shape index (κ2) is 4.91. The van der Waals surface area contributed by atoms with Crippen LogP contribution in [0.5, 0.6) is 0 Å². The highest BCUT2D eigenvalue weighted by molar-refractivity contribution is 4.57. The molecule has 0 aliphatic carbocycles. The molecule has 0 saturated carbocycles. The van der Waals surface area contributed by atoms with Gasteiger partial charge in [0.05, 0.1) is 26.4 Å². The lowest BCUT2D eigenvalue weighted by Gasteiger charge is -2.23. The molecule has 0 aromatic carbocycles. The van der Waals surface area contributed by atoms with Gasteiger partial charge in [-0.3, -0.25) is 0 Å². The molecule has 0 spiro atoms. The quantitative estimate of drug-likeness (QED) is 0.659. The standard InChI is InChI=1S/C9H16O4/c1-4-10-8(11-5-1)2-3-9-12-6-7-13-9/h8-9H,1-7H2. The molecular weight excluding hydrogens is 172 g/mol. The summed E-state index contributed by atoms with van der Waals surface area (Å²) in [5.41, 5.74) is 0. The third kappa shape index (κ3) is 2.91. The minimum absolute atomic E-state index is 0.0332. The van der Waals surface area contributed by atoms with Crippen molar-refractivity contribution in [3.8, 4) is 0 Å². The van der Waals surface area contributed by atoms with Gasteiger partial charge in [-0.15, -0.1) is 0 Å². The smallest absolute Gasteiger partial charge is 0.157 e. The Hall–Kier alpha value is -0.160. The summed E-state index contributed by atoms with van der Waals surface area (Å²) in [5, 5.41) is 0. The van der Waals surface area contributed by atoms with Crippen LogP contribution in [-0.2, 0) is 18.9 Å². The van der Waals surface area contributed by atoms with Crippen LogP contribution in [-0.4, -0.2) is 39.0 Å². The highest BCUT2D eigenvalue weighted by Crippen LogP contribution is 2.16. The van der Waals surface area contributed by atoms with Crippen LogP contribution in [0.2, 0.25) is 0 Å². The Morgan fingerprint density at radius 3 is 1.69 bits per heavy atom. The lowest BCUT2D eigenvalue weighted by molar-refractivity contribution is -0.188. The average molecular weight is 188 g/mol. The maximum atomic E-state index is 5.40. The van der Waals surface area contributed by atoms with Crippen LogP contribution < -0.4 is 0 Å². The van der Waals surface area contributed by atoms with Crippen molar-refractivity contribution in [1.29, 1.82) is 0 Å². The Labute approximate surface area is 78.1 Å². The zero-order chi connectivity index (χ0) is 8.93. The van der Waals surface area contributed by atoms with Crippen LogP contribution >= 0.6 is 0 Å². The van der Waals surface area contributed by atoms with E-state index >= 15 is 0 Å². The lowest BCUT2D eigenvalue weighted by Crippen LogP contribution is -2.26. The molecule has 0 atom stereocenters. The average Bonchev–Trinajstić information content (AvgIpc) is 2.69. The normalized spacial score (nSPS) is 26.8. The van der Waals surface area contributed by atoms with E-state index in [2.05, 4.69) is 0 Å². The van der Waals surface area contributed by atoms with Crippen LogP contribution in [0.1, 0.15) is 19.3 Å². The minimum Gasteiger partial charge on any atom is -0.353 e. The molecule has 2 aliphatic heterocycles. The summed E-state index contributed by atoms with van der Waals surface area (Å²) in [5.74, 6) is 0. The summed E-state index contributed by atoms with van der Waals surface area (Å²) in [6.45, 7) is 3.07. The Bertz CT molecular complexity index is 139. The first-order chi connectivity index (χ1) is 6.45. The largest absolute Gasteiger partial charge is 0.353 e. The van der Waals surface area contributed by atoms with Crippen molar-refractivity contribution < 1.29 is 18.9 Å². The van der Waals surface area contributed by atoms with Crippen molar-refractivity contribution in [3.63, 3.8) is 0 Å². The molecule has 0 aromatic rings. The van der Waals surface area contributed by atoms with E-state index in [1.165, 1.54) is 0 Å². The van der Waals surface area contributed by atoms with Gasteiger partial charge in [-0.05, 0) is 6.42 Å². The number of rotatable bonds is 3. The van der Waals surface area contributed by atoms with Crippen molar-refractivity contribution in [3.05, 3.63) is 0 Å². The second-order valence-electron chi connectivity index (χ2n) is 3.27. The van der Waals surface area contributed by atoms with Crippen LogP contribution in [0.25, 0.3) is 0 Å². The molecule has 76 valence electrons. The molecule has 0 aromatic heterocycles. The Morgan fingerprint density at radius 2 is 1.15 bits per heavy atom. The SMILES string of the molecule is C1COC(CCC2OCCO2)OC1. The predicted octanol–water partition coefficient (Wildman–Crippen LogP) is 0.903. The number of hydrogen-bond donors (Lipinski definition) is 0. The molecule has 2 fully saturated rings. The molecule has 13 heavy (non-hydrogen) atoms. The molecule has 0 radical (unpaired) electrons. The van der Waals surface area contributed by atoms with E-state index in [0.717, 1.165) is 45.7 Å². The number of hydrogen-bond acceptors (Lipinski definition) is 4. The second-order valence-corrected chi connectivity index (χ2v) is 3.27.